The van der Waals surface area contributed by atoms with E-state index in [2.05, 4.69) is 0 Å². The average molecular weight is 245 g/mol. The van der Waals surface area contributed by atoms with Crippen molar-refractivity contribution in [3.8, 4) is 0 Å². The van der Waals surface area contributed by atoms with Gasteiger partial charge < -0.3 is 9.14 Å². The first kappa shape index (κ1) is 12.4. The highest BCUT2D eigenvalue weighted by atomic mass is 16.5. The molecule has 0 fully saturated rings. The van der Waals surface area contributed by atoms with Crippen LogP contribution in [0.5, 0.6) is 0 Å². The summed E-state index contributed by atoms with van der Waals surface area (Å²) < 4.78 is 6.76. The van der Waals surface area contributed by atoms with Crippen molar-refractivity contribution in [2.24, 2.45) is 0 Å². The normalized spacial score (nSPS) is 10.6. The van der Waals surface area contributed by atoms with E-state index in [1.54, 1.807) is 37.5 Å². The number of fused-ring (bicyclic) bond motifs is 1. The molecule has 0 aliphatic carbocycles. The molecular formula is C14H15NO3. The third-order valence-corrected chi connectivity index (χ3v) is 2.75. The van der Waals surface area contributed by atoms with Crippen molar-refractivity contribution in [1.29, 1.82) is 0 Å². The third-order valence-electron chi connectivity index (χ3n) is 2.75. The predicted molar refractivity (Wildman–Crippen MR) is 68.0 cm³/mol. The standard InChI is InChI=1S/C14H15NO3/c1-3-13(16)11-8-12-7-10(14(17)18-4-2)5-6-15(12)9-11/h5-9H,3-4H2,1-2H3. The molecule has 18 heavy (non-hydrogen) atoms. The van der Waals surface area contributed by atoms with E-state index in [1.165, 1.54) is 0 Å². The molecule has 2 heterocycles. The van der Waals surface area contributed by atoms with Crippen molar-refractivity contribution in [2.45, 2.75) is 20.3 Å². The van der Waals surface area contributed by atoms with Gasteiger partial charge in [0.1, 0.15) is 0 Å². The zero-order valence-electron chi connectivity index (χ0n) is 10.5. The van der Waals surface area contributed by atoms with Gasteiger partial charge in [0.15, 0.2) is 5.78 Å². The summed E-state index contributed by atoms with van der Waals surface area (Å²) in [5, 5.41) is 0. The van der Waals surface area contributed by atoms with Crippen LogP contribution in [-0.4, -0.2) is 22.8 Å². The van der Waals surface area contributed by atoms with Crippen LogP contribution in [-0.2, 0) is 4.74 Å². The Kier molecular flexibility index (Phi) is 3.46. The number of nitrogens with zero attached hydrogens (tertiary/aromatic N) is 1. The lowest BCUT2D eigenvalue weighted by Crippen LogP contribution is -2.04. The molecule has 0 unspecified atom stereocenters. The number of hydrogen-bond donors (Lipinski definition) is 0. The molecule has 0 radical (unpaired) electrons. The summed E-state index contributed by atoms with van der Waals surface area (Å²) in [4.78, 5) is 23.2. The molecule has 0 aliphatic heterocycles. The highest BCUT2D eigenvalue weighted by molar-refractivity contribution is 5.97. The number of Topliss-reactive ketones (excluding diaryl/α,β-unsaturated/α-hetero) is 1. The van der Waals surface area contributed by atoms with Crippen LogP contribution >= 0.6 is 0 Å². The number of carbonyl (C=O) groups is 2. The van der Waals surface area contributed by atoms with Gasteiger partial charge in [0.05, 0.1) is 12.2 Å². The van der Waals surface area contributed by atoms with E-state index in [0.29, 0.717) is 24.2 Å². The van der Waals surface area contributed by atoms with Crippen LogP contribution in [0.25, 0.3) is 5.52 Å². The number of esters is 1. The Hall–Kier alpha value is -2.10. The fraction of sp³-hybridized carbons (Fsp3) is 0.286. The summed E-state index contributed by atoms with van der Waals surface area (Å²) in [5.41, 5.74) is 1.98. The lowest BCUT2D eigenvalue weighted by Gasteiger charge is -2.02. The van der Waals surface area contributed by atoms with E-state index in [4.69, 9.17) is 4.74 Å². The Morgan fingerprint density at radius 3 is 2.61 bits per heavy atom. The van der Waals surface area contributed by atoms with Crippen LogP contribution in [0, 0.1) is 0 Å². The summed E-state index contributed by atoms with van der Waals surface area (Å²) in [6.45, 7) is 3.95. The maximum absolute atomic E-state index is 11.6. The smallest absolute Gasteiger partial charge is 0.338 e. The second-order valence-electron chi connectivity index (χ2n) is 3.97. The number of ketones is 1. The summed E-state index contributed by atoms with van der Waals surface area (Å²) in [7, 11) is 0. The second kappa shape index (κ2) is 5.04. The van der Waals surface area contributed by atoms with Crippen molar-refractivity contribution >= 4 is 17.3 Å². The number of carbonyl (C=O) groups excluding carboxylic acids is 2. The summed E-state index contributed by atoms with van der Waals surface area (Å²) in [6, 6.07) is 5.20. The molecule has 0 saturated heterocycles. The van der Waals surface area contributed by atoms with Crippen molar-refractivity contribution in [3.63, 3.8) is 0 Å². The van der Waals surface area contributed by atoms with Crippen molar-refractivity contribution in [2.75, 3.05) is 6.61 Å². The maximum Gasteiger partial charge on any atom is 0.338 e. The molecule has 0 saturated carbocycles. The van der Waals surface area contributed by atoms with Crippen LogP contribution < -0.4 is 0 Å². The van der Waals surface area contributed by atoms with E-state index in [9.17, 15) is 9.59 Å². The van der Waals surface area contributed by atoms with Gasteiger partial charge in [-0.2, -0.15) is 0 Å². The largest absolute Gasteiger partial charge is 0.462 e. The Balaban J connectivity index is 2.39. The van der Waals surface area contributed by atoms with E-state index < -0.39 is 0 Å². The average Bonchev–Trinajstić information content (AvgIpc) is 2.80. The van der Waals surface area contributed by atoms with Crippen molar-refractivity contribution < 1.29 is 14.3 Å². The van der Waals surface area contributed by atoms with Crippen LogP contribution in [0.15, 0.2) is 30.6 Å². The Morgan fingerprint density at radius 2 is 1.94 bits per heavy atom. The minimum Gasteiger partial charge on any atom is -0.462 e. The summed E-state index contributed by atoms with van der Waals surface area (Å²) in [5.74, 6) is -0.249. The summed E-state index contributed by atoms with van der Waals surface area (Å²) in [6.07, 6.45) is 4.01. The minimum atomic E-state index is -0.343. The number of hydrogen-bond acceptors (Lipinski definition) is 3. The lowest BCUT2D eigenvalue weighted by atomic mass is 10.2. The van der Waals surface area contributed by atoms with Gasteiger partial charge >= 0.3 is 5.97 Å². The maximum atomic E-state index is 11.6. The lowest BCUT2D eigenvalue weighted by molar-refractivity contribution is 0.0526. The molecule has 0 N–H and O–H groups in total. The molecule has 0 aromatic carbocycles. The minimum absolute atomic E-state index is 0.0939. The molecule has 0 spiro atoms. The first-order valence-corrected chi connectivity index (χ1v) is 5.97. The predicted octanol–water partition coefficient (Wildman–Crippen LogP) is 2.71. The van der Waals surface area contributed by atoms with Crippen LogP contribution in [0.2, 0.25) is 0 Å². The van der Waals surface area contributed by atoms with Gasteiger partial charge in [-0.3, -0.25) is 4.79 Å². The molecule has 4 nitrogen and oxygen atoms in total. The van der Waals surface area contributed by atoms with E-state index >= 15 is 0 Å². The van der Waals surface area contributed by atoms with Gasteiger partial charge in [0.2, 0.25) is 0 Å². The topological polar surface area (TPSA) is 47.8 Å². The Bertz CT molecular complexity index is 598. The highest BCUT2D eigenvalue weighted by Gasteiger charge is 2.10. The number of pyridine rings is 1. The van der Waals surface area contributed by atoms with E-state index in [1.807, 2.05) is 11.3 Å². The molecule has 2 aromatic heterocycles. The number of ether oxygens (including phenoxy) is 1. The van der Waals surface area contributed by atoms with Crippen molar-refractivity contribution in [3.05, 3.63) is 41.7 Å². The molecule has 4 heteroatoms. The van der Waals surface area contributed by atoms with Crippen LogP contribution in [0.1, 0.15) is 41.0 Å². The van der Waals surface area contributed by atoms with Gasteiger partial charge in [0, 0.05) is 29.9 Å². The quantitative estimate of drug-likeness (QED) is 0.614. The monoisotopic (exact) mass is 245 g/mol. The van der Waals surface area contributed by atoms with E-state index in [-0.39, 0.29) is 11.8 Å². The van der Waals surface area contributed by atoms with Crippen LogP contribution in [0.3, 0.4) is 0 Å². The fourth-order valence-electron chi connectivity index (χ4n) is 1.81. The molecule has 0 atom stereocenters. The SMILES string of the molecule is CCOC(=O)c1ccn2cc(C(=O)CC)cc2c1. The zero-order chi connectivity index (χ0) is 13.1. The molecule has 0 amide bonds. The van der Waals surface area contributed by atoms with Gasteiger partial charge in [-0.25, -0.2) is 4.79 Å². The van der Waals surface area contributed by atoms with Gasteiger partial charge in [-0.1, -0.05) is 6.92 Å². The molecule has 0 aliphatic rings. The first-order chi connectivity index (χ1) is 8.65. The molecule has 2 rings (SSSR count). The van der Waals surface area contributed by atoms with Crippen LogP contribution in [0.4, 0.5) is 0 Å². The molecule has 2 aromatic rings. The fourth-order valence-corrected chi connectivity index (χ4v) is 1.81. The second-order valence-corrected chi connectivity index (χ2v) is 3.97. The Labute approximate surface area is 105 Å². The van der Waals surface area contributed by atoms with Gasteiger partial charge in [0.25, 0.3) is 0 Å². The molecule has 94 valence electrons. The van der Waals surface area contributed by atoms with E-state index in [0.717, 1.165) is 5.52 Å². The number of aromatic nitrogens is 1. The highest BCUT2D eigenvalue weighted by Crippen LogP contribution is 2.14. The number of rotatable bonds is 4. The Morgan fingerprint density at radius 1 is 1.22 bits per heavy atom. The van der Waals surface area contributed by atoms with Crippen molar-refractivity contribution in [1.82, 2.24) is 4.40 Å². The first-order valence-electron chi connectivity index (χ1n) is 5.97. The zero-order valence-corrected chi connectivity index (χ0v) is 10.5. The molecular weight excluding hydrogens is 230 g/mol. The third kappa shape index (κ3) is 2.27. The van der Waals surface area contributed by atoms with Gasteiger partial charge in [-0.15, -0.1) is 0 Å². The molecule has 0 bridgehead atoms. The van der Waals surface area contributed by atoms with Gasteiger partial charge in [-0.05, 0) is 25.1 Å². The summed E-state index contributed by atoms with van der Waals surface area (Å²) >= 11 is 0.